The molecule has 1 fully saturated rings. The van der Waals surface area contributed by atoms with Gasteiger partial charge in [0.15, 0.2) is 5.13 Å². The number of thiazole rings is 1. The van der Waals surface area contributed by atoms with Crippen molar-refractivity contribution in [3.8, 4) is 5.75 Å². The van der Waals surface area contributed by atoms with Crippen LogP contribution in [-0.4, -0.2) is 116 Å². The molecule has 0 aliphatic carbocycles. The fraction of sp³-hybridized carbons (Fsp3) is 0.500. The van der Waals surface area contributed by atoms with Crippen molar-refractivity contribution in [3.63, 3.8) is 0 Å². The summed E-state index contributed by atoms with van der Waals surface area (Å²) in [5.41, 5.74) is 1.14. The van der Waals surface area contributed by atoms with E-state index < -0.39 is 10.0 Å². The molecule has 4 rings (SSSR count). The third-order valence-corrected chi connectivity index (χ3v) is 9.82. The summed E-state index contributed by atoms with van der Waals surface area (Å²) in [4.78, 5) is 22.7. The van der Waals surface area contributed by atoms with Crippen molar-refractivity contribution in [1.29, 1.82) is 0 Å². The number of aromatic nitrogens is 1. The maximum Gasteiger partial charge on any atom is 0.260 e. The highest BCUT2D eigenvalue weighted by atomic mass is 35.5. The van der Waals surface area contributed by atoms with E-state index in [0.29, 0.717) is 36.2 Å². The van der Waals surface area contributed by atoms with Crippen LogP contribution in [0.2, 0.25) is 0 Å². The summed E-state index contributed by atoms with van der Waals surface area (Å²) in [5, 5.41) is 0.585. The van der Waals surface area contributed by atoms with Crippen LogP contribution in [0.15, 0.2) is 47.4 Å². The van der Waals surface area contributed by atoms with Gasteiger partial charge >= 0.3 is 0 Å². The van der Waals surface area contributed by atoms with Crippen molar-refractivity contribution in [2.45, 2.75) is 11.3 Å². The first-order valence-electron chi connectivity index (χ1n) is 13.5. The van der Waals surface area contributed by atoms with Gasteiger partial charge in [0.25, 0.3) is 5.91 Å². The molecule has 3 aromatic rings. The van der Waals surface area contributed by atoms with E-state index in [2.05, 4.69) is 4.90 Å². The highest BCUT2D eigenvalue weighted by molar-refractivity contribution is 7.89. The smallest absolute Gasteiger partial charge is 0.260 e. The van der Waals surface area contributed by atoms with Crippen molar-refractivity contribution < 1.29 is 32.2 Å². The molecule has 0 unspecified atom stereocenters. The standard InChI is InChI=1S/C28H38N4O7S2.ClH/c1-36-17-15-31(16-18-37-2)41(34,35)24-8-5-22(6-9-24)27(33)32(12-4-11-30-13-19-39-20-14-30)28-29-25-21-23(38-3)7-10-26(25)40-28;/h5-10,21H,4,11-20H2,1-3H3;1H. The average Bonchev–Trinajstić information content (AvgIpc) is 3.42. The Hall–Kier alpha value is -2.36. The van der Waals surface area contributed by atoms with Crippen LogP contribution in [0, 0.1) is 0 Å². The maximum atomic E-state index is 13.8. The molecule has 0 spiro atoms. The SMILES string of the molecule is COCCN(CCOC)S(=O)(=O)c1ccc(C(=O)N(CCCN2CCOCC2)c2nc3cc(OC)ccc3s2)cc1.Cl. The fourth-order valence-electron chi connectivity index (χ4n) is 4.51. The molecule has 11 nitrogen and oxygen atoms in total. The fourth-order valence-corrected chi connectivity index (χ4v) is 6.89. The van der Waals surface area contributed by atoms with Crippen molar-refractivity contribution in [2.24, 2.45) is 0 Å². The topological polar surface area (TPSA) is 111 Å². The summed E-state index contributed by atoms with van der Waals surface area (Å²) in [6.07, 6.45) is 0.755. The highest BCUT2D eigenvalue weighted by Crippen LogP contribution is 2.32. The molecule has 0 radical (unpaired) electrons. The van der Waals surface area contributed by atoms with E-state index in [1.54, 1.807) is 24.1 Å². The molecule has 0 atom stereocenters. The number of nitrogens with zero attached hydrogens (tertiary/aromatic N) is 4. The lowest BCUT2D eigenvalue weighted by molar-refractivity contribution is 0.0376. The van der Waals surface area contributed by atoms with Gasteiger partial charge in [0.2, 0.25) is 10.0 Å². The Morgan fingerprint density at radius 1 is 1.00 bits per heavy atom. The van der Waals surface area contributed by atoms with Crippen LogP contribution in [0.5, 0.6) is 5.75 Å². The van der Waals surface area contributed by atoms with Crippen molar-refractivity contribution >= 4 is 55.0 Å². The zero-order chi connectivity index (χ0) is 29.2. The van der Waals surface area contributed by atoms with E-state index in [1.165, 1.54) is 42.0 Å². The van der Waals surface area contributed by atoms with E-state index in [0.717, 1.165) is 36.3 Å². The van der Waals surface area contributed by atoms with Crippen LogP contribution >= 0.6 is 23.7 Å². The number of anilines is 1. The van der Waals surface area contributed by atoms with E-state index in [1.807, 2.05) is 18.2 Å². The Kier molecular flexibility index (Phi) is 13.4. The first kappa shape index (κ1) is 34.1. The van der Waals surface area contributed by atoms with Gasteiger partial charge in [0, 0.05) is 65.1 Å². The monoisotopic (exact) mass is 642 g/mol. The summed E-state index contributed by atoms with van der Waals surface area (Å²) in [6, 6.07) is 11.7. The second-order valence-corrected chi connectivity index (χ2v) is 12.5. The normalized spacial score (nSPS) is 14.2. The largest absolute Gasteiger partial charge is 0.497 e. The van der Waals surface area contributed by atoms with Gasteiger partial charge < -0.3 is 18.9 Å². The molecule has 0 N–H and O–H groups in total. The van der Waals surface area contributed by atoms with Crippen LogP contribution < -0.4 is 9.64 Å². The number of sulfonamides is 1. The third kappa shape index (κ3) is 8.60. The molecule has 1 aliphatic heterocycles. The average molecular weight is 643 g/mol. The van der Waals surface area contributed by atoms with Crippen LogP contribution in [0.25, 0.3) is 10.2 Å². The van der Waals surface area contributed by atoms with E-state index in [-0.39, 0.29) is 49.5 Å². The number of ether oxygens (including phenoxy) is 4. The van der Waals surface area contributed by atoms with Gasteiger partial charge in [0.05, 0.1) is 48.6 Å². The minimum absolute atomic E-state index is 0. The molecular formula is C28H39ClN4O7S2. The van der Waals surface area contributed by atoms with Crippen LogP contribution in [-0.2, 0) is 24.2 Å². The van der Waals surface area contributed by atoms with Gasteiger partial charge in [0.1, 0.15) is 5.75 Å². The number of hydrogen-bond acceptors (Lipinski definition) is 10. The van der Waals surface area contributed by atoms with Crippen molar-refractivity contribution in [2.75, 3.05) is 91.9 Å². The van der Waals surface area contributed by atoms with Gasteiger partial charge in [-0.15, -0.1) is 12.4 Å². The lowest BCUT2D eigenvalue weighted by Crippen LogP contribution is -2.39. The predicted molar refractivity (Wildman–Crippen MR) is 166 cm³/mol. The Bertz CT molecular complexity index is 1370. The van der Waals surface area contributed by atoms with Gasteiger partial charge in [-0.25, -0.2) is 13.4 Å². The predicted octanol–water partition coefficient (Wildman–Crippen LogP) is 3.38. The summed E-state index contributed by atoms with van der Waals surface area (Å²) in [6.45, 7) is 5.38. The zero-order valence-corrected chi connectivity index (χ0v) is 26.6. The molecular weight excluding hydrogens is 604 g/mol. The zero-order valence-electron chi connectivity index (χ0n) is 24.2. The number of methoxy groups -OCH3 is 3. The number of halogens is 1. The molecule has 1 aliphatic rings. The molecule has 2 heterocycles. The van der Waals surface area contributed by atoms with Gasteiger partial charge in [-0.3, -0.25) is 14.6 Å². The number of carbonyl (C=O) groups excluding carboxylic acids is 1. The summed E-state index contributed by atoms with van der Waals surface area (Å²) in [5.74, 6) is 0.457. The number of morpholine rings is 1. The lowest BCUT2D eigenvalue weighted by atomic mass is 10.2. The van der Waals surface area contributed by atoms with Crippen LogP contribution in [0.3, 0.4) is 0 Å². The molecule has 1 aromatic heterocycles. The molecule has 0 bridgehead atoms. The lowest BCUT2D eigenvalue weighted by Gasteiger charge is -2.27. The molecule has 1 saturated heterocycles. The third-order valence-electron chi connectivity index (χ3n) is 6.85. The van der Waals surface area contributed by atoms with Crippen molar-refractivity contribution in [3.05, 3.63) is 48.0 Å². The molecule has 232 valence electrons. The molecule has 42 heavy (non-hydrogen) atoms. The van der Waals surface area contributed by atoms with E-state index in [4.69, 9.17) is 23.9 Å². The minimum Gasteiger partial charge on any atom is -0.497 e. The quantitative estimate of drug-likeness (QED) is 0.246. The second-order valence-electron chi connectivity index (χ2n) is 9.51. The number of hydrogen-bond donors (Lipinski definition) is 0. The number of carbonyl (C=O) groups is 1. The number of fused-ring (bicyclic) bond motifs is 1. The first-order chi connectivity index (χ1) is 19.9. The number of benzene rings is 2. The number of rotatable bonds is 15. The number of amides is 1. The molecule has 1 amide bonds. The first-order valence-corrected chi connectivity index (χ1v) is 15.8. The Morgan fingerprint density at radius 2 is 1.67 bits per heavy atom. The van der Waals surface area contributed by atoms with E-state index in [9.17, 15) is 13.2 Å². The Balaban J connectivity index is 0.00000484. The summed E-state index contributed by atoms with van der Waals surface area (Å²) in [7, 11) is 0.853. The Labute approximate surface area is 257 Å². The van der Waals surface area contributed by atoms with Crippen LogP contribution in [0.1, 0.15) is 16.8 Å². The second kappa shape index (κ2) is 16.5. The van der Waals surface area contributed by atoms with Gasteiger partial charge in [-0.05, 0) is 42.8 Å². The Morgan fingerprint density at radius 3 is 2.29 bits per heavy atom. The highest BCUT2D eigenvalue weighted by Gasteiger charge is 2.26. The van der Waals surface area contributed by atoms with Gasteiger partial charge in [-0.2, -0.15) is 4.31 Å². The maximum absolute atomic E-state index is 13.8. The van der Waals surface area contributed by atoms with Crippen LogP contribution in [0.4, 0.5) is 5.13 Å². The summed E-state index contributed by atoms with van der Waals surface area (Å²) < 4.78 is 49.9. The van der Waals surface area contributed by atoms with Gasteiger partial charge in [-0.1, -0.05) is 11.3 Å². The molecule has 14 heteroatoms. The van der Waals surface area contributed by atoms with E-state index >= 15 is 0 Å². The summed E-state index contributed by atoms with van der Waals surface area (Å²) >= 11 is 1.44. The minimum atomic E-state index is -3.80. The molecule has 2 aromatic carbocycles. The molecule has 0 saturated carbocycles. The van der Waals surface area contributed by atoms with Crippen molar-refractivity contribution in [1.82, 2.24) is 14.2 Å².